The van der Waals surface area contributed by atoms with Crippen molar-refractivity contribution in [1.82, 2.24) is 14.9 Å². The maximum absolute atomic E-state index is 12.5. The van der Waals surface area contributed by atoms with E-state index in [9.17, 15) is 4.79 Å². The van der Waals surface area contributed by atoms with Gasteiger partial charge in [-0.1, -0.05) is 29.3 Å². The molecule has 6 nitrogen and oxygen atoms in total. The van der Waals surface area contributed by atoms with E-state index >= 15 is 0 Å². The summed E-state index contributed by atoms with van der Waals surface area (Å²) in [6, 6.07) is 6.62. The summed E-state index contributed by atoms with van der Waals surface area (Å²) in [5, 5.41) is 3.47. The largest absolute Gasteiger partial charge is 0.338 e. The smallest absolute Gasteiger partial charge is 0.274 e. The van der Waals surface area contributed by atoms with Crippen LogP contribution in [0.15, 0.2) is 30.5 Å². The molecule has 2 heterocycles. The number of anilines is 2. The van der Waals surface area contributed by atoms with Gasteiger partial charge in [0.15, 0.2) is 0 Å². The van der Waals surface area contributed by atoms with Crippen LogP contribution in [0.5, 0.6) is 0 Å². The van der Waals surface area contributed by atoms with E-state index in [4.69, 9.17) is 23.2 Å². The third-order valence-electron chi connectivity index (χ3n) is 3.86. The Labute approximate surface area is 150 Å². The van der Waals surface area contributed by atoms with Crippen molar-refractivity contribution in [2.75, 3.05) is 43.4 Å². The number of hydrogen-bond acceptors (Lipinski definition) is 5. The fourth-order valence-corrected chi connectivity index (χ4v) is 2.92. The van der Waals surface area contributed by atoms with Crippen LogP contribution in [0.2, 0.25) is 10.0 Å². The molecule has 8 heteroatoms. The highest BCUT2D eigenvalue weighted by atomic mass is 35.5. The van der Waals surface area contributed by atoms with E-state index in [-0.39, 0.29) is 11.6 Å². The topological polar surface area (TPSA) is 61.4 Å². The lowest BCUT2D eigenvalue weighted by atomic mass is 10.3. The van der Waals surface area contributed by atoms with E-state index in [0.717, 1.165) is 26.2 Å². The number of likely N-dealkylation sites (N-methyl/N-ethyl adjacent to an activating group) is 1. The van der Waals surface area contributed by atoms with Gasteiger partial charge < -0.3 is 15.1 Å². The van der Waals surface area contributed by atoms with Crippen LogP contribution in [0.4, 0.5) is 11.6 Å². The molecule has 0 atom stereocenters. The minimum Gasteiger partial charge on any atom is -0.338 e. The summed E-state index contributed by atoms with van der Waals surface area (Å²) in [7, 11) is 2.08. The van der Waals surface area contributed by atoms with Crippen LogP contribution in [-0.2, 0) is 0 Å². The lowest BCUT2D eigenvalue weighted by Gasteiger charge is -2.32. The van der Waals surface area contributed by atoms with Gasteiger partial charge in [0, 0.05) is 32.4 Å². The number of para-hydroxylation sites is 1. The van der Waals surface area contributed by atoms with Gasteiger partial charge in [0.2, 0.25) is 5.95 Å². The van der Waals surface area contributed by atoms with Crippen molar-refractivity contribution in [3.63, 3.8) is 0 Å². The minimum absolute atomic E-state index is 0.273. The van der Waals surface area contributed by atoms with Crippen molar-refractivity contribution in [2.24, 2.45) is 0 Å². The standard InChI is InChI=1S/C16H17Cl2N5O/c1-22-7-9-23(10-8-22)16-19-6-5-13(20-16)15(24)21-14-11(17)3-2-4-12(14)18/h2-6H,7-10H2,1H3,(H,21,24). The summed E-state index contributed by atoms with van der Waals surface area (Å²) in [5.74, 6) is 0.184. The molecular weight excluding hydrogens is 349 g/mol. The SMILES string of the molecule is CN1CCN(c2nccc(C(=O)Nc3c(Cl)cccc3Cl)n2)CC1. The van der Waals surface area contributed by atoms with Gasteiger partial charge in [0.1, 0.15) is 5.69 Å². The number of nitrogens with zero attached hydrogens (tertiary/aromatic N) is 4. The first-order valence-corrected chi connectivity index (χ1v) is 8.32. The number of hydrogen-bond donors (Lipinski definition) is 1. The van der Waals surface area contributed by atoms with E-state index in [1.54, 1.807) is 30.5 Å². The van der Waals surface area contributed by atoms with Crippen molar-refractivity contribution in [3.8, 4) is 0 Å². The number of aromatic nitrogens is 2. The second-order valence-corrected chi connectivity index (χ2v) is 6.40. The van der Waals surface area contributed by atoms with Crippen LogP contribution in [0.25, 0.3) is 0 Å². The molecule has 126 valence electrons. The van der Waals surface area contributed by atoms with Crippen LogP contribution in [0.1, 0.15) is 10.5 Å². The average molecular weight is 366 g/mol. The Kier molecular flexibility index (Phi) is 5.18. The Morgan fingerprint density at radius 1 is 1.12 bits per heavy atom. The molecule has 1 fully saturated rings. The maximum atomic E-state index is 12.5. The van der Waals surface area contributed by atoms with Gasteiger partial charge >= 0.3 is 0 Å². The molecule has 0 unspecified atom stereocenters. The van der Waals surface area contributed by atoms with Crippen LogP contribution in [-0.4, -0.2) is 54.0 Å². The number of rotatable bonds is 3. The molecule has 0 radical (unpaired) electrons. The number of halogens is 2. The van der Waals surface area contributed by atoms with Gasteiger partial charge in [-0.3, -0.25) is 4.79 Å². The summed E-state index contributed by atoms with van der Waals surface area (Å²) in [5.41, 5.74) is 0.653. The maximum Gasteiger partial charge on any atom is 0.274 e. The first-order chi connectivity index (χ1) is 11.5. The van der Waals surface area contributed by atoms with Crippen molar-refractivity contribution >= 4 is 40.7 Å². The van der Waals surface area contributed by atoms with Gasteiger partial charge in [-0.15, -0.1) is 0 Å². The van der Waals surface area contributed by atoms with Gasteiger partial charge in [0.05, 0.1) is 15.7 Å². The summed E-state index contributed by atoms with van der Waals surface area (Å²) in [6.45, 7) is 3.54. The molecule has 1 saturated heterocycles. The molecule has 1 aliphatic rings. The molecule has 1 aromatic carbocycles. The van der Waals surface area contributed by atoms with Crippen LogP contribution < -0.4 is 10.2 Å². The average Bonchev–Trinajstić information content (AvgIpc) is 2.59. The van der Waals surface area contributed by atoms with Gasteiger partial charge in [-0.25, -0.2) is 9.97 Å². The van der Waals surface area contributed by atoms with E-state index < -0.39 is 0 Å². The summed E-state index contributed by atoms with van der Waals surface area (Å²) in [6.07, 6.45) is 1.59. The van der Waals surface area contributed by atoms with Crippen molar-refractivity contribution in [1.29, 1.82) is 0 Å². The molecule has 1 amide bonds. The van der Waals surface area contributed by atoms with Crippen LogP contribution in [0, 0.1) is 0 Å². The Morgan fingerprint density at radius 2 is 1.79 bits per heavy atom. The molecule has 1 aromatic heterocycles. The van der Waals surface area contributed by atoms with E-state index in [1.165, 1.54) is 0 Å². The predicted octanol–water partition coefficient (Wildman–Crippen LogP) is 2.79. The number of carbonyl (C=O) groups excluding carboxylic acids is 1. The van der Waals surface area contributed by atoms with Crippen LogP contribution in [0.3, 0.4) is 0 Å². The summed E-state index contributed by atoms with van der Waals surface area (Å²) >= 11 is 12.2. The number of amides is 1. The zero-order chi connectivity index (χ0) is 17.1. The molecule has 3 rings (SSSR count). The fourth-order valence-electron chi connectivity index (χ4n) is 2.43. The van der Waals surface area contributed by atoms with Crippen molar-refractivity contribution in [3.05, 3.63) is 46.2 Å². The Balaban J connectivity index is 1.77. The molecule has 0 spiro atoms. The Bertz CT molecular complexity index is 727. The Morgan fingerprint density at radius 3 is 2.46 bits per heavy atom. The number of piperazine rings is 1. The molecule has 0 aliphatic carbocycles. The third-order valence-corrected chi connectivity index (χ3v) is 4.49. The molecule has 1 N–H and O–H groups in total. The van der Waals surface area contributed by atoms with Gasteiger partial charge in [-0.05, 0) is 25.2 Å². The Hall–Kier alpha value is -1.89. The highest BCUT2D eigenvalue weighted by Gasteiger charge is 2.19. The molecule has 24 heavy (non-hydrogen) atoms. The first-order valence-electron chi connectivity index (χ1n) is 7.56. The van der Waals surface area contributed by atoms with Crippen molar-refractivity contribution < 1.29 is 4.79 Å². The second-order valence-electron chi connectivity index (χ2n) is 5.58. The third kappa shape index (κ3) is 3.77. The quantitative estimate of drug-likeness (QED) is 0.905. The highest BCUT2D eigenvalue weighted by Crippen LogP contribution is 2.30. The van der Waals surface area contributed by atoms with E-state index in [1.807, 2.05) is 0 Å². The number of carbonyl (C=O) groups is 1. The molecule has 0 bridgehead atoms. The fraction of sp³-hybridized carbons (Fsp3) is 0.312. The first kappa shape index (κ1) is 17.0. The van der Waals surface area contributed by atoms with Crippen molar-refractivity contribution in [2.45, 2.75) is 0 Å². The molecule has 2 aromatic rings. The summed E-state index contributed by atoms with van der Waals surface area (Å²) in [4.78, 5) is 25.4. The molecule has 1 aliphatic heterocycles. The number of nitrogens with one attached hydrogen (secondary N) is 1. The van der Waals surface area contributed by atoms with Crippen LogP contribution >= 0.6 is 23.2 Å². The normalized spacial score (nSPS) is 15.4. The van der Waals surface area contributed by atoms with E-state index in [0.29, 0.717) is 21.7 Å². The summed E-state index contributed by atoms with van der Waals surface area (Å²) < 4.78 is 0. The lowest BCUT2D eigenvalue weighted by Crippen LogP contribution is -2.45. The molecular formula is C16H17Cl2N5O. The highest BCUT2D eigenvalue weighted by molar-refractivity contribution is 6.39. The van der Waals surface area contributed by atoms with Gasteiger partial charge in [0.25, 0.3) is 5.91 Å². The predicted molar refractivity (Wildman–Crippen MR) is 96.2 cm³/mol. The van der Waals surface area contributed by atoms with Gasteiger partial charge in [-0.2, -0.15) is 0 Å². The van der Waals surface area contributed by atoms with E-state index in [2.05, 4.69) is 32.1 Å². The monoisotopic (exact) mass is 365 g/mol. The number of benzene rings is 1. The minimum atomic E-state index is -0.372. The second kappa shape index (κ2) is 7.34. The lowest BCUT2D eigenvalue weighted by molar-refractivity contribution is 0.102. The zero-order valence-electron chi connectivity index (χ0n) is 13.2. The zero-order valence-corrected chi connectivity index (χ0v) is 14.7. The molecule has 0 saturated carbocycles.